The highest BCUT2D eigenvalue weighted by atomic mass is 16.5. The summed E-state index contributed by atoms with van der Waals surface area (Å²) in [4.78, 5) is 24.5. The molecule has 0 aliphatic heterocycles. The van der Waals surface area contributed by atoms with Crippen molar-refractivity contribution >= 4 is 17.5 Å². The maximum Gasteiger partial charge on any atom is 0.262 e. The van der Waals surface area contributed by atoms with E-state index in [-0.39, 0.29) is 18.4 Å². The first kappa shape index (κ1) is 22.4. The van der Waals surface area contributed by atoms with Crippen LogP contribution in [0.25, 0.3) is 0 Å². The third kappa shape index (κ3) is 7.23. The molecule has 2 amide bonds. The maximum absolute atomic E-state index is 12.3. The number of anilines is 1. The van der Waals surface area contributed by atoms with Crippen LogP contribution in [0.4, 0.5) is 5.69 Å². The van der Waals surface area contributed by atoms with Crippen molar-refractivity contribution in [1.29, 1.82) is 0 Å². The number of benzene rings is 2. The van der Waals surface area contributed by atoms with Crippen molar-refractivity contribution in [3.8, 4) is 5.75 Å². The third-order valence-corrected chi connectivity index (χ3v) is 4.64. The predicted octanol–water partition coefficient (Wildman–Crippen LogP) is 3.98. The van der Waals surface area contributed by atoms with Crippen LogP contribution >= 0.6 is 0 Å². The number of amides is 2. The Bertz CT molecular complexity index is 807. The van der Waals surface area contributed by atoms with Crippen LogP contribution in [-0.4, -0.2) is 38.7 Å². The fourth-order valence-electron chi connectivity index (χ4n) is 2.84. The molecule has 0 saturated heterocycles. The van der Waals surface area contributed by atoms with Gasteiger partial charge >= 0.3 is 0 Å². The second-order valence-corrected chi connectivity index (χ2v) is 6.87. The molecule has 29 heavy (non-hydrogen) atoms. The van der Waals surface area contributed by atoms with Gasteiger partial charge in [-0.3, -0.25) is 9.59 Å². The third-order valence-electron chi connectivity index (χ3n) is 4.64. The van der Waals surface area contributed by atoms with Crippen LogP contribution in [0.5, 0.6) is 5.75 Å². The molecule has 0 aliphatic carbocycles. The highest BCUT2D eigenvalue weighted by molar-refractivity contribution is 5.97. The summed E-state index contributed by atoms with van der Waals surface area (Å²) in [5, 5.41) is 5.61. The van der Waals surface area contributed by atoms with E-state index >= 15 is 0 Å². The molecule has 0 saturated carbocycles. The molecule has 0 aliphatic rings. The number of para-hydroxylation sites is 1. The number of rotatable bonds is 11. The number of ether oxygens (including phenoxy) is 2. The lowest BCUT2D eigenvalue weighted by atomic mass is 9.98. The molecular formula is C23H30N2O4. The Morgan fingerprint density at radius 2 is 1.90 bits per heavy atom. The minimum atomic E-state index is -0.276. The van der Waals surface area contributed by atoms with Crippen LogP contribution in [0.3, 0.4) is 0 Å². The van der Waals surface area contributed by atoms with E-state index in [1.165, 1.54) is 0 Å². The van der Waals surface area contributed by atoms with Gasteiger partial charge in [-0.05, 0) is 48.6 Å². The molecule has 0 aromatic heterocycles. The lowest BCUT2D eigenvalue weighted by molar-refractivity contribution is -0.118. The van der Waals surface area contributed by atoms with E-state index < -0.39 is 0 Å². The van der Waals surface area contributed by atoms with Crippen molar-refractivity contribution in [2.45, 2.75) is 32.6 Å². The van der Waals surface area contributed by atoms with Gasteiger partial charge in [0.1, 0.15) is 5.75 Å². The molecule has 2 rings (SSSR count). The maximum atomic E-state index is 12.3. The quantitative estimate of drug-likeness (QED) is 0.561. The van der Waals surface area contributed by atoms with E-state index in [1.807, 2.05) is 24.3 Å². The van der Waals surface area contributed by atoms with Crippen LogP contribution in [0.1, 0.15) is 48.5 Å². The van der Waals surface area contributed by atoms with Gasteiger partial charge in [0.2, 0.25) is 0 Å². The molecular weight excluding hydrogens is 368 g/mol. The molecule has 0 fully saturated rings. The van der Waals surface area contributed by atoms with Gasteiger partial charge in [-0.1, -0.05) is 38.1 Å². The van der Waals surface area contributed by atoms with Crippen molar-refractivity contribution in [3.63, 3.8) is 0 Å². The van der Waals surface area contributed by atoms with E-state index in [2.05, 4.69) is 24.5 Å². The standard InChI is InChI=1S/C23H30N2O4/c1-4-17(2)20-11-5-6-12-21(20)29-16-22(26)25-19-10-7-9-18(15-19)23(27)24-13-8-14-28-3/h5-7,9-12,15,17H,4,8,13-14,16H2,1-3H3,(H,24,27)(H,25,26). The SMILES string of the molecule is CCC(C)c1ccccc1OCC(=O)Nc1cccc(C(=O)NCCCOC)c1. The number of methoxy groups -OCH3 is 1. The van der Waals surface area contributed by atoms with Gasteiger partial charge in [0.25, 0.3) is 11.8 Å². The zero-order valence-electron chi connectivity index (χ0n) is 17.4. The summed E-state index contributed by atoms with van der Waals surface area (Å²) in [7, 11) is 1.63. The summed E-state index contributed by atoms with van der Waals surface area (Å²) in [5.74, 6) is 0.618. The molecule has 6 heteroatoms. The Balaban J connectivity index is 1.91. The number of nitrogens with one attached hydrogen (secondary N) is 2. The number of hydrogen-bond donors (Lipinski definition) is 2. The number of carbonyl (C=O) groups excluding carboxylic acids is 2. The second-order valence-electron chi connectivity index (χ2n) is 6.87. The van der Waals surface area contributed by atoms with Crippen LogP contribution in [0.2, 0.25) is 0 Å². The summed E-state index contributed by atoms with van der Waals surface area (Å²) in [5.41, 5.74) is 2.14. The Labute approximate surface area is 172 Å². The topological polar surface area (TPSA) is 76.7 Å². The van der Waals surface area contributed by atoms with Crippen molar-refractivity contribution in [2.24, 2.45) is 0 Å². The monoisotopic (exact) mass is 398 g/mol. The van der Waals surface area contributed by atoms with Gasteiger partial charge < -0.3 is 20.1 Å². The summed E-state index contributed by atoms with van der Waals surface area (Å²) >= 11 is 0. The Hall–Kier alpha value is -2.86. The molecule has 2 aromatic carbocycles. The highest BCUT2D eigenvalue weighted by Gasteiger charge is 2.12. The predicted molar refractivity (Wildman–Crippen MR) is 115 cm³/mol. The smallest absolute Gasteiger partial charge is 0.262 e. The summed E-state index contributed by atoms with van der Waals surface area (Å²) in [6.45, 7) is 5.28. The van der Waals surface area contributed by atoms with Crippen molar-refractivity contribution in [1.82, 2.24) is 5.32 Å². The van der Waals surface area contributed by atoms with E-state index in [9.17, 15) is 9.59 Å². The van der Waals surface area contributed by atoms with E-state index in [0.29, 0.717) is 30.3 Å². The molecule has 1 atom stereocenters. The zero-order valence-corrected chi connectivity index (χ0v) is 17.4. The normalized spacial score (nSPS) is 11.6. The Morgan fingerprint density at radius 1 is 1.10 bits per heavy atom. The average Bonchev–Trinajstić information content (AvgIpc) is 2.75. The molecule has 0 heterocycles. The summed E-state index contributed by atoms with van der Waals surface area (Å²) in [6, 6.07) is 14.6. The number of hydrogen-bond acceptors (Lipinski definition) is 4. The van der Waals surface area contributed by atoms with Crippen LogP contribution < -0.4 is 15.4 Å². The zero-order chi connectivity index (χ0) is 21.1. The van der Waals surface area contributed by atoms with Gasteiger partial charge in [0, 0.05) is 31.5 Å². The minimum absolute atomic E-state index is 0.0963. The average molecular weight is 399 g/mol. The van der Waals surface area contributed by atoms with Gasteiger partial charge in [-0.2, -0.15) is 0 Å². The highest BCUT2D eigenvalue weighted by Crippen LogP contribution is 2.28. The molecule has 1 unspecified atom stereocenters. The largest absolute Gasteiger partial charge is 0.483 e. The van der Waals surface area contributed by atoms with E-state index in [4.69, 9.17) is 9.47 Å². The summed E-state index contributed by atoms with van der Waals surface area (Å²) < 4.78 is 10.7. The molecule has 6 nitrogen and oxygen atoms in total. The molecule has 2 N–H and O–H groups in total. The first-order valence-corrected chi connectivity index (χ1v) is 9.94. The van der Waals surface area contributed by atoms with Crippen molar-refractivity contribution in [2.75, 3.05) is 32.2 Å². The van der Waals surface area contributed by atoms with Gasteiger partial charge in [0.05, 0.1) is 0 Å². The lowest BCUT2D eigenvalue weighted by Crippen LogP contribution is -2.25. The molecule has 156 valence electrons. The Morgan fingerprint density at radius 3 is 2.66 bits per heavy atom. The van der Waals surface area contributed by atoms with Crippen LogP contribution in [-0.2, 0) is 9.53 Å². The van der Waals surface area contributed by atoms with Gasteiger partial charge in [0.15, 0.2) is 6.61 Å². The van der Waals surface area contributed by atoms with Gasteiger partial charge in [-0.25, -0.2) is 0 Å². The molecule has 0 radical (unpaired) electrons. The summed E-state index contributed by atoms with van der Waals surface area (Å²) in [6.07, 6.45) is 1.74. The fourth-order valence-corrected chi connectivity index (χ4v) is 2.84. The lowest BCUT2D eigenvalue weighted by Gasteiger charge is -2.15. The van der Waals surface area contributed by atoms with Crippen molar-refractivity contribution < 1.29 is 19.1 Å². The van der Waals surface area contributed by atoms with E-state index in [1.54, 1.807) is 31.4 Å². The van der Waals surface area contributed by atoms with Gasteiger partial charge in [-0.15, -0.1) is 0 Å². The second kappa shape index (κ2) is 11.9. The van der Waals surface area contributed by atoms with Crippen molar-refractivity contribution in [3.05, 3.63) is 59.7 Å². The van der Waals surface area contributed by atoms with Crippen LogP contribution in [0, 0.1) is 0 Å². The first-order valence-electron chi connectivity index (χ1n) is 9.94. The minimum Gasteiger partial charge on any atom is -0.483 e. The number of carbonyl (C=O) groups is 2. The first-order chi connectivity index (χ1) is 14.0. The fraction of sp³-hybridized carbons (Fsp3) is 0.391. The molecule has 2 aromatic rings. The Kier molecular flexibility index (Phi) is 9.18. The molecule has 0 spiro atoms. The molecule has 0 bridgehead atoms. The van der Waals surface area contributed by atoms with Crippen LogP contribution in [0.15, 0.2) is 48.5 Å². The van der Waals surface area contributed by atoms with E-state index in [0.717, 1.165) is 24.2 Å².